The van der Waals surface area contributed by atoms with Crippen LogP contribution in [0.4, 0.5) is 0 Å². The van der Waals surface area contributed by atoms with Crippen LogP contribution in [0.25, 0.3) is 0 Å². The minimum Gasteiger partial charge on any atom is -0.396 e. The number of fused-ring (bicyclic) bond motifs is 2. The summed E-state index contributed by atoms with van der Waals surface area (Å²) in [6, 6.07) is 0. The topological polar surface area (TPSA) is 40.5 Å². The molecule has 0 heterocycles. The van der Waals surface area contributed by atoms with Gasteiger partial charge in [-0.3, -0.25) is 0 Å². The number of aliphatic hydroxyl groups is 2. The normalized spacial score (nSPS) is 47.1. The van der Waals surface area contributed by atoms with E-state index in [0.717, 1.165) is 6.42 Å². The Hall–Kier alpha value is -0.340. The van der Waals surface area contributed by atoms with Crippen molar-refractivity contribution in [1.82, 2.24) is 0 Å². The molecule has 0 radical (unpaired) electrons. The fraction of sp³-hybridized carbons (Fsp3) is 0.778. The van der Waals surface area contributed by atoms with Crippen LogP contribution in [0.2, 0.25) is 0 Å². The molecule has 2 bridgehead atoms. The highest BCUT2D eigenvalue weighted by Gasteiger charge is 2.43. The molecule has 2 unspecified atom stereocenters. The smallest absolute Gasteiger partial charge is 0.0468 e. The van der Waals surface area contributed by atoms with Crippen molar-refractivity contribution >= 4 is 0 Å². The number of hydrogen-bond donors (Lipinski definition) is 2. The molecule has 2 N–H and O–H groups in total. The van der Waals surface area contributed by atoms with Crippen LogP contribution >= 0.6 is 0 Å². The van der Waals surface area contributed by atoms with Crippen LogP contribution in [0.3, 0.4) is 0 Å². The van der Waals surface area contributed by atoms with Gasteiger partial charge in [0, 0.05) is 13.2 Å². The van der Waals surface area contributed by atoms with Gasteiger partial charge in [0.1, 0.15) is 0 Å². The molecular weight excluding hydrogens is 140 g/mol. The van der Waals surface area contributed by atoms with Crippen molar-refractivity contribution in [2.75, 3.05) is 13.2 Å². The zero-order chi connectivity index (χ0) is 7.84. The monoisotopic (exact) mass is 154 g/mol. The first kappa shape index (κ1) is 7.32. The third-order valence-electron chi connectivity index (χ3n) is 3.22. The molecular formula is C9H14O2. The molecule has 0 amide bonds. The van der Waals surface area contributed by atoms with Crippen LogP contribution < -0.4 is 0 Å². The lowest BCUT2D eigenvalue weighted by Crippen LogP contribution is -2.25. The SMILES string of the molecule is OCC1C(CO)[C@H]2C=C[C@@H]1C2. The average molecular weight is 154 g/mol. The molecule has 0 aromatic carbocycles. The summed E-state index contributed by atoms with van der Waals surface area (Å²) in [7, 11) is 0. The van der Waals surface area contributed by atoms with Crippen LogP contribution in [0.1, 0.15) is 6.42 Å². The molecule has 4 atom stereocenters. The van der Waals surface area contributed by atoms with E-state index in [4.69, 9.17) is 10.2 Å². The van der Waals surface area contributed by atoms with Gasteiger partial charge in [0.25, 0.3) is 0 Å². The van der Waals surface area contributed by atoms with Crippen molar-refractivity contribution in [3.63, 3.8) is 0 Å². The molecule has 0 aromatic heterocycles. The van der Waals surface area contributed by atoms with E-state index in [2.05, 4.69) is 12.2 Å². The number of hydrogen-bond acceptors (Lipinski definition) is 2. The molecule has 0 saturated heterocycles. The second-order valence-corrected chi connectivity index (χ2v) is 3.64. The summed E-state index contributed by atoms with van der Waals surface area (Å²) in [4.78, 5) is 0. The highest BCUT2D eigenvalue weighted by Crippen LogP contribution is 2.47. The summed E-state index contributed by atoms with van der Waals surface area (Å²) in [5.41, 5.74) is 0. The molecule has 2 aliphatic rings. The zero-order valence-corrected chi connectivity index (χ0v) is 6.48. The molecule has 2 nitrogen and oxygen atoms in total. The summed E-state index contributed by atoms with van der Waals surface area (Å²) in [6.45, 7) is 0.466. The van der Waals surface area contributed by atoms with Gasteiger partial charge in [-0.25, -0.2) is 0 Å². The van der Waals surface area contributed by atoms with Gasteiger partial charge in [0.05, 0.1) is 0 Å². The summed E-state index contributed by atoms with van der Waals surface area (Å²) in [6.07, 6.45) is 5.53. The molecule has 62 valence electrons. The lowest BCUT2D eigenvalue weighted by Gasteiger charge is -2.23. The highest BCUT2D eigenvalue weighted by atomic mass is 16.3. The van der Waals surface area contributed by atoms with Crippen molar-refractivity contribution in [3.05, 3.63) is 12.2 Å². The number of allylic oxidation sites excluding steroid dienone is 2. The largest absolute Gasteiger partial charge is 0.396 e. The zero-order valence-electron chi connectivity index (χ0n) is 6.48. The molecule has 1 fully saturated rings. The first-order valence-corrected chi connectivity index (χ1v) is 4.27. The maximum absolute atomic E-state index is 9.04. The van der Waals surface area contributed by atoms with E-state index >= 15 is 0 Å². The van der Waals surface area contributed by atoms with Crippen molar-refractivity contribution in [1.29, 1.82) is 0 Å². The summed E-state index contributed by atoms with van der Waals surface area (Å²) >= 11 is 0. The molecule has 2 rings (SSSR count). The maximum Gasteiger partial charge on any atom is 0.0468 e. The molecule has 1 saturated carbocycles. The second kappa shape index (κ2) is 2.61. The molecule has 0 spiro atoms. The quantitative estimate of drug-likeness (QED) is 0.565. The molecule has 2 heteroatoms. The van der Waals surface area contributed by atoms with Gasteiger partial charge in [-0.1, -0.05) is 12.2 Å². The molecule has 2 aliphatic carbocycles. The first-order chi connectivity index (χ1) is 5.36. The van der Waals surface area contributed by atoms with E-state index in [1.807, 2.05) is 0 Å². The van der Waals surface area contributed by atoms with E-state index in [1.54, 1.807) is 0 Å². The third-order valence-corrected chi connectivity index (χ3v) is 3.22. The third kappa shape index (κ3) is 0.932. The maximum atomic E-state index is 9.04. The van der Waals surface area contributed by atoms with Gasteiger partial charge in [-0.15, -0.1) is 0 Å². The van der Waals surface area contributed by atoms with Crippen molar-refractivity contribution in [2.24, 2.45) is 23.7 Å². The Labute approximate surface area is 66.5 Å². The lowest BCUT2D eigenvalue weighted by molar-refractivity contribution is 0.112. The minimum atomic E-state index is 0.233. The van der Waals surface area contributed by atoms with Crippen molar-refractivity contribution < 1.29 is 10.2 Å². The summed E-state index contributed by atoms with van der Waals surface area (Å²) in [5, 5.41) is 18.1. The molecule has 11 heavy (non-hydrogen) atoms. The first-order valence-electron chi connectivity index (χ1n) is 4.27. The Balaban J connectivity index is 2.15. The van der Waals surface area contributed by atoms with Gasteiger partial charge in [0.15, 0.2) is 0 Å². The van der Waals surface area contributed by atoms with Gasteiger partial charge >= 0.3 is 0 Å². The average Bonchev–Trinajstić information content (AvgIpc) is 2.60. The fourth-order valence-electron chi connectivity index (χ4n) is 2.57. The van der Waals surface area contributed by atoms with E-state index in [1.165, 1.54) is 0 Å². The Bertz CT molecular complexity index is 158. The molecule has 0 aliphatic heterocycles. The van der Waals surface area contributed by atoms with Gasteiger partial charge in [-0.05, 0) is 30.1 Å². The van der Waals surface area contributed by atoms with Crippen LogP contribution in [0.15, 0.2) is 12.2 Å². The Morgan fingerprint density at radius 2 is 1.45 bits per heavy atom. The summed E-state index contributed by atoms with van der Waals surface area (Å²) < 4.78 is 0. The predicted molar refractivity (Wildman–Crippen MR) is 41.9 cm³/mol. The van der Waals surface area contributed by atoms with Crippen LogP contribution in [0, 0.1) is 23.7 Å². The van der Waals surface area contributed by atoms with Crippen LogP contribution in [-0.4, -0.2) is 23.4 Å². The Kier molecular flexibility index (Phi) is 1.74. The van der Waals surface area contributed by atoms with E-state index in [0.29, 0.717) is 23.7 Å². The Morgan fingerprint density at radius 3 is 1.82 bits per heavy atom. The minimum absolute atomic E-state index is 0.233. The Morgan fingerprint density at radius 1 is 1.00 bits per heavy atom. The second-order valence-electron chi connectivity index (χ2n) is 3.64. The fourth-order valence-corrected chi connectivity index (χ4v) is 2.57. The van der Waals surface area contributed by atoms with E-state index in [9.17, 15) is 0 Å². The predicted octanol–water partition coefficient (Wildman–Crippen LogP) is 0.409. The van der Waals surface area contributed by atoms with Crippen LogP contribution in [0.5, 0.6) is 0 Å². The van der Waals surface area contributed by atoms with Gasteiger partial charge in [-0.2, -0.15) is 0 Å². The van der Waals surface area contributed by atoms with E-state index in [-0.39, 0.29) is 13.2 Å². The van der Waals surface area contributed by atoms with Crippen molar-refractivity contribution in [2.45, 2.75) is 6.42 Å². The van der Waals surface area contributed by atoms with Gasteiger partial charge in [0.2, 0.25) is 0 Å². The number of rotatable bonds is 2. The standard InChI is InChI=1S/C9H14O2/c10-4-8-6-1-2-7(3-6)9(8)5-11/h1-2,6-11H,3-5H2/t6-,7+,8?,9?. The van der Waals surface area contributed by atoms with Crippen LogP contribution in [-0.2, 0) is 0 Å². The van der Waals surface area contributed by atoms with Crippen molar-refractivity contribution in [3.8, 4) is 0 Å². The summed E-state index contributed by atoms with van der Waals surface area (Å²) in [5.74, 6) is 1.74. The highest BCUT2D eigenvalue weighted by molar-refractivity contribution is 5.13. The molecule has 0 aromatic rings. The number of aliphatic hydroxyl groups excluding tert-OH is 2. The van der Waals surface area contributed by atoms with E-state index < -0.39 is 0 Å². The lowest BCUT2D eigenvalue weighted by atomic mass is 9.84. The van der Waals surface area contributed by atoms with Gasteiger partial charge < -0.3 is 10.2 Å².